The van der Waals surface area contributed by atoms with Crippen molar-refractivity contribution in [2.45, 2.75) is 13.3 Å². The van der Waals surface area contributed by atoms with Crippen LogP contribution in [0.2, 0.25) is 5.02 Å². The zero-order valence-corrected chi connectivity index (χ0v) is 12.8. The second-order valence-corrected chi connectivity index (χ2v) is 6.04. The number of aromatic nitrogens is 2. The molecule has 1 aromatic heterocycles. The number of fused-ring (bicyclic) bond motifs is 1. The molecule has 21 heavy (non-hydrogen) atoms. The van der Waals surface area contributed by atoms with Gasteiger partial charge >= 0.3 is 0 Å². The number of rotatable bonds is 3. The monoisotopic (exact) mass is 325 g/mol. The molecular weight excluding hydrogens is 314 g/mol. The van der Waals surface area contributed by atoms with Gasteiger partial charge in [0.1, 0.15) is 18.2 Å². The second-order valence-electron chi connectivity index (χ2n) is 4.45. The summed E-state index contributed by atoms with van der Waals surface area (Å²) in [6, 6.07) is 3.48. The van der Waals surface area contributed by atoms with Gasteiger partial charge in [0.25, 0.3) is 0 Å². The Morgan fingerprint density at radius 3 is 2.95 bits per heavy atom. The number of anilines is 1. The molecule has 0 saturated carbocycles. The van der Waals surface area contributed by atoms with E-state index in [4.69, 9.17) is 21.1 Å². The molecule has 0 atom stereocenters. The molecule has 0 radical (unpaired) electrons. The molecule has 1 amide bonds. The summed E-state index contributed by atoms with van der Waals surface area (Å²) in [5, 5.41) is 12.1. The Morgan fingerprint density at radius 2 is 2.19 bits per heavy atom. The molecule has 2 aromatic rings. The van der Waals surface area contributed by atoms with E-state index in [1.54, 1.807) is 12.1 Å². The van der Waals surface area contributed by atoms with Gasteiger partial charge in [-0.15, -0.1) is 10.2 Å². The van der Waals surface area contributed by atoms with Crippen molar-refractivity contribution < 1.29 is 14.3 Å². The molecular formula is C13H12ClN3O3S. The summed E-state index contributed by atoms with van der Waals surface area (Å²) >= 11 is 7.47. The van der Waals surface area contributed by atoms with Gasteiger partial charge in [-0.2, -0.15) is 0 Å². The van der Waals surface area contributed by atoms with E-state index >= 15 is 0 Å². The highest BCUT2D eigenvalue weighted by Gasteiger charge is 2.18. The van der Waals surface area contributed by atoms with Crippen molar-refractivity contribution in [2.75, 3.05) is 18.5 Å². The van der Waals surface area contributed by atoms with Crippen molar-refractivity contribution in [1.29, 1.82) is 0 Å². The lowest BCUT2D eigenvalue weighted by Gasteiger charge is -2.20. The molecule has 0 bridgehead atoms. The second kappa shape index (κ2) is 5.87. The van der Waals surface area contributed by atoms with Crippen LogP contribution in [-0.2, 0) is 11.2 Å². The smallest absolute Gasteiger partial charge is 0.230 e. The Hall–Kier alpha value is -1.86. The molecule has 1 aliphatic heterocycles. The first-order valence-electron chi connectivity index (χ1n) is 6.30. The lowest BCUT2D eigenvalue weighted by atomic mass is 10.1. The third-order valence-electron chi connectivity index (χ3n) is 2.79. The topological polar surface area (TPSA) is 73.3 Å². The van der Waals surface area contributed by atoms with E-state index in [9.17, 15) is 4.79 Å². The maximum Gasteiger partial charge on any atom is 0.230 e. The van der Waals surface area contributed by atoms with Gasteiger partial charge in [0.15, 0.2) is 11.5 Å². The molecule has 0 spiro atoms. The fraction of sp³-hybridized carbons (Fsp3) is 0.308. The zero-order valence-electron chi connectivity index (χ0n) is 11.2. The third kappa shape index (κ3) is 3.25. The molecule has 8 heteroatoms. The minimum Gasteiger partial charge on any atom is -0.486 e. The Balaban J connectivity index is 1.72. The Morgan fingerprint density at radius 1 is 1.38 bits per heavy atom. The largest absolute Gasteiger partial charge is 0.486 e. The molecule has 3 rings (SSSR count). The molecule has 6 nitrogen and oxygen atoms in total. The number of carbonyl (C=O) groups excluding carboxylic acids is 1. The third-order valence-corrected chi connectivity index (χ3v) is 3.83. The van der Waals surface area contributed by atoms with Crippen LogP contribution in [-0.4, -0.2) is 29.3 Å². The maximum atomic E-state index is 12.0. The van der Waals surface area contributed by atoms with E-state index in [0.29, 0.717) is 34.9 Å². The highest BCUT2D eigenvalue weighted by atomic mass is 35.5. The van der Waals surface area contributed by atoms with Crippen LogP contribution in [0.5, 0.6) is 11.5 Å². The van der Waals surface area contributed by atoms with Crippen LogP contribution in [0.15, 0.2) is 12.1 Å². The fourth-order valence-electron chi connectivity index (χ4n) is 1.96. The van der Waals surface area contributed by atoms with E-state index < -0.39 is 0 Å². The van der Waals surface area contributed by atoms with Gasteiger partial charge < -0.3 is 14.8 Å². The maximum absolute atomic E-state index is 12.0. The summed E-state index contributed by atoms with van der Waals surface area (Å²) in [4.78, 5) is 12.0. The predicted octanol–water partition coefficient (Wildman–Crippen LogP) is 2.45. The van der Waals surface area contributed by atoms with E-state index in [1.165, 1.54) is 11.3 Å². The number of aryl methyl sites for hydroxylation is 1. The molecule has 1 aliphatic rings. The molecule has 2 heterocycles. The van der Waals surface area contributed by atoms with E-state index in [1.807, 2.05) is 6.92 Å². The quantitative estimate of drug-likeness (QED) is 0.938. The lowest BCUT2D eigenvalue weighted by molar-refractivity contribution is -0.115. The summed E-state index contributed by atoms with van der Waals surface area (Å²) < 4.78 is 10.9. The van der Waals surface area contributed by atoms with Gasteiger partial charge in [0.05, 0.1) is 11.4 Å². The van der Waals surface area contributed by atoms with Gasteiger partial charge in [-0.05, 0) is 24.6 Å². The summed E-state index contributed by atoms with van der Waals surface area (Å²) in [5.41, 5.74) is 0.753. The van der Waals surface area contributed by atoms with Crippen LogP contribution in [0.3, 0.4) is 0 Å². The Kier molecular flexibility index (Phi) is 3.94. The van der Waals surface area contributed by atoms with Crippen LogP contribution in [0.4, 0.5) is 5.13 Å². The number of halogens is 1. The first-order chi connectivity index (χ1) is 10.1. The normalized spacial score (nSPS) is 13.0. The summed E-state index contributed by atoms with van der Waals surface area (Å²) in [7, 11) is 0. The number of nitrogens with one attached hydrogen (secondary N) is 1. The Bertz CT molecular complexity index is 689. The number of nitrogens with zero attached hydrogens (tertiary/aromatic N) is 2. The molecule has 0 aliphatic carbocycles. The average Bonchev–Trinajstić information content (AvgIpc) is 2.84. The highest BCUT2D eigenvalue weighted by Crippen LogP contribution is 2.38. The van der Waals surface area contributed by atoms with Crippen molar-refractivity contribution in [3.05, 3.63) is 27.7 Å². The first-order valence-corrected chi connectivity index (χ1v) is 7.49. The van der Waals surface area contributed by atoms with Crippen LogP contribution in [0, 0.1) is 6.92 Å². The number of carbonyl (C=O) groups is 1. The highest BCUT2D eigenvalue weighted by molar-refractivity contribution is 7.15. The molecule has 0 fully saturated rings. The van der Waals surface area contributed by atoms with Gasteiger partial charge in [-0.25, -0.2) is 0 Å². The molecule has 110 valence electrons. The minimum atomic E-state index is -0.182. The average molecular weight is 326 g/mol. The van der Waals surface area contributed by atoms with Crippen molar-refractivity contribution >= 4 is 34.0 Å². The SMILES string of the molecule is Cc1nnc(NC(=O)Cc2cc(Cl)c3c(c2)OCCO3)s1. The van der Waals surface area contributed by atoms with Crippen LogP contribution in [0.1, 0.15) is 10.6 Å². The van der Waals surface area contributed by atoms with Crippen LogP contribution in [0.25, 0.3) is 0 Å². The van der Waals surface area contributed by atoms with Gasteiger partial charge in [-0.1, -0.05) is 22.9 Å². The fourth-order valence-corrected chi connectivity index (χ4v) is 2.86. The number of hydrogen-bond acceptors (Lipinski definition) is 6. The number of ether oxygens (including phenoxy) is 2. The predicted molar refractivity (Wildman–Crippen MR) is 79.4 cm³/mol. The van der Waals surface area contributed by atoms with Gasteiger partial charge in [0, 0.05) is 0 Å². The van der Waals surface area contributed by atoms with E-state index in [0.717, 1.165) is 10.6 Å². The van der Waals surface area contributed by atoms with Crippen LogP contribution >= 0.6 is 22.9 Å². The van der Waals surface area contributed by atoms with Crippen molar-refractivity contribution in [1.82, 2.24) is 10.2 Å². The number of hydrogen-bond donors (Lipinski definition) is 1. The van der Waals surface area contributed by atoms with Crippen molar-refractivity contribution in [3.8, 4) is 11.5 Å². The molecule has 1 N–H and O–H groups in total. The van der Waals surface area contributed by atoms with Gasteiger partial charge in [0.2, 0.25) is 11.0 Å². The number of amides is 1. The first kappa shape index (κ1) is 14.1. The molecule has 0 saturated heterocycles. The van der Waals surface area contributed by atoms with Crippen molar-refractivity contribution in [2.24, 2.45) is 0 Å². The van der Waals surface area contributed by atoms with Gasteiger partial charge in [-0.3, -0.25) is 4.79 Å². The summed E-state index contributed by atoms with van der Waals surface area (Å²) in [6.45, 7) is 2.78. The van der Waals surface area contributed by atoms with Crippen LogP contribution < -0.4 is 14.8 Å². The summed E-state index contributed by atoms with van der Waals surface area (Å²) in [5.74, 6) is 0.925. The lowest BCUT2D eigenvalue weighted by Crippen LogP contribution is -2.17. The standard InChI is InChI=1S/C13H12ClN3O3S/c1-7-16-17-13(21-7)15-11(18)6-8-4-9(14)12-10(5-8)19-2-3-20-12/h4-5H,2-3,6H2,1H3,(H,15,17,18). The molecule has 1 aromatic carbocycles. The summed E-state index contributed by atoms with van der Waals surface area (Å²) in [6.07, 6.45) is 0.176. The van der Waals surface area contributed by atoms with E-state index in [-0.39, 0.29) is 12.3 Å². The minimum absolute atomic E-state index is 0.176. The number of benzene rings is 1. The van der Waals surface area contributed by atoms with Crippen molar-refractivity contribution in [3.63, 3.8) is 0 Å². The zero-order chi connectivity index (χ0) is 14.8. The molecule has 0 unspecified atom stereocenters. The Labute approximate surface area is 130 Å². The van der Waals surface area contributed by atoms with E-state index in [2.05, 4.69) is 15.5 Å².